The molecule has 0 spiro atoms. The highest BCUT2D eigenvalue weighted by atomic mass is 32.1. The van der Waals surface area contributed by atoms with Crippen molar-refractivity contribution in [1.82, 2.24) is 4.90 Å². The summed E-state index contributed by atoms with van der Waals surface area (Å²) in [5.41, 5.74) is 2.87. The molecule has 22 heavy (non-hydrogen) atoms. The lowest BCUT2D eigenvalue weighted by molar-refractivity contribution is 0.121. The van der Waals surface area contributed by atoms with E-state index in [2.05, 4.69) is 52.1 Å². The van der Waals surface area contributed by atoms with Crippen molar-refractivity contribution in [3.8, 4) is 0 Å². The van der Waals surface area contributed by atoms with Gasteiger partial charge in [-0.2, -0.15) is 11.3 Å². The minimum atomic E-state index is 0.649. The summed E-state index contributed by atoms with van der Waals surface area (Å²) in [5, 5.41) is 4.50. The van der Waals surface area contributed by atoms with Gasteiger partial charge in [0.05, 0.1) is 6.61 Å². The summed E-state index contributed by atoms with van der Waals surface area (Å²) in [7, 11) is 0. The van der Waals surface area contributed by atoms with E-state index in [1.807, 2.05) is 11.3 Å². The maximum Gasteiger partial charge on any atom is 0.0506 e. The highest BCUT2D eigenvalue weighted by molar-refractivity contribution is 7.07. The van der Waals surface area contributed by atoms with Crippen LogP contribution in [0, 0.1) is 0 Å². The maximum atomic E-state index is 5.80. The summed E-state index contributed by atoms with van der Waals surface area (Å²) in [6.07, 6.45) is 4.79. The van der Waals surface area contributed by atoms with E-state index in [9.17, 15) is 0 Å². The Morgan fingerprint density at radius 1 is 1.14 bits per heavy atom. The first-order valence-corrected chi connectivity index (χ1v) is 9.25. The number of hydrogen-bond donors (Lipinski definition) is 0. The van der Waals surface area contributed by atoms with E-state index < -0.39 is 0 Å². The Hall–Kier alpha value is -1.16. The van der Waals surface area contributed by atoms with Crippen LogP contribution in [-0.4, -0.2) is 31.2 Å². The number of nitrogens with zero attached hydrogens (tertiary/aromatic N) is 1. The molecule has 0 saturated carbocycles. The standard InChI is InChI=1S/C19H25NOS/c1-2-6-17(7-3-1)9-14-21-13-5-12-20-11-4-8-19(20)18-10-15-22-16-18/h1-3,6-7,10,15-16,19H,4-5,8-9,11-14H2/t19-/m0/s1. The number of benzene rings is 1. The third-order valence-electron chi connectivity index (χ3n) is 4.40. The molecule has 1 fully saturated rings. The van der Waals surface area contributed by atoms with Gasteiger partial charge >= 0.3 is 0 Å². The molecular weight excluding hydrogens is 290 g/mol. The van der Waals surface area contributed by atoms with Gasteiger partial charge in [0.2, 0.25) is 0 Å². The Morgan fingerprint density at radius 3 is 2.86 bits per heavy atom. The lowest BCUT2D eigenvalue weighted by Crippen LogP contribution is -2.25. The van der Waals surface area contributed by atoms with Gasteiger partial charge in [-0.25, -0.2) is 0 Å². The number of ether oxygens (including phenoxy) is 1. The highest BCUT2D eigenvalue weighted by Gasteiger charge is 2.25. The lowest BCUT2D eigenvalue weighted by Gasteiger charge is -2.23. The fraction of sp³-hybridized carbons (Fsp3) is 0.474. The third-order valence-corrected chi connectivity index (χ3v) is 5.10. The Labute approximate surface area is 137 Å². The van der Waals surface area contributed by atoms with Gasteiger partial charge in [0.25, 0.3) is 0 Å². The fourth-order valence-corrected chi connectivity index (χ4v) is 3.95. The molecule has 3 rings (SSSR count). The van der Waals surface area contributed by atoms with Crippen molar-refractivity contribution >= 4 is 11.3 Å². The summed E-state index contributed by atoms with van der Waals surface area (Å²) < 4.78 is 5.80. The number of rotatable bonds is 8. The van der Waals surface area contributed by atoms with Crippen LogP contribution in [0.4, 0.5) is 0 Å². The Bertz CT molecular complexity index is 526. The largest absolute Gasteiger partial charge is 0.381 e. The average molecular weight is 315 g/mol. The summed E-state index contributed by atoms with van der Waals surface area (Å²) in [5.74, 6) is 0. The van der Waals surface area contributed by atoms with E-state index in [1.54, 1.807) is 0 Å². The monoisotopic (exact) mass is 315 g/mol. The van der Waals surface area contributed by atoms with Crippen molar-refractivity contribution in [2.75, 3.05) is 26.3 Å². The Balaban J connectivity index is 1.31. The predicted molar refractivity (Wildman–Crippen MR) is 93.4 cm³/mol. The van der Waals surface area contributed by atoms with Crippen LogP contribution < -0.4 is 0 Å². The van der Waals surface area contributed by atoms with Crippen molar-refractivity contribution in [2.45, 2.75) is 31.7 Å². The number of hydrogen-bond acceptors (Lipinski definition) is 3. The molecule has 1 atom stereocenters. The number of thiophene rings is 1. The molecule has 118 valence electrons. The zero-order chi connectivity index (χ0) is 15.0. The van der Waals surface area contributed by atoms with Crippen LogP contribution in [0.15, 0.2) is 47.2 Å². The van der Waals surface area contributed by atoms with E-state index in [1.165, 1.54) is 30.5 Å². The second-order valence-electron chi connectivity index (χ2n) is 5.95. The molecule has 0 aliphatic carbocycles. The molecule has 1 aliphatic heterocycles. The van der Waals surface area contributed by atoms with Crippen LogP contribution in [0.3, 0.4) is 0 Å². The highest BCUT2D eigenvalue weighted by Crippen LogP contribution is 2.32. The molecule has 2 heterocycles. The van der Waals surface area contributed by atoms with E-state index in [0.717, 1.165) is 32.6 Å². The third kappa shape index (κ3) is 4.42. The smallest absolute Gasteiger partial charge is 0.0506 e. The molecule has 0 unspecified atom stereocenters. The van der Waals surface area contributed by atoms with Crippen molar-refractivity contribution in [1.29, 1.82) is 0 Å². The minimum absolute atomic E-state index is 0.649. The van der Waals surface area contributed by atoms with Gasteiger partial charge < -0.3 is 4.74 Å². The zero-order valence-electron chi connectivity index (χ0n) is 13.1. The molecule has 1 aliphatic rings. The van der Waals surface area contributed by atoms with Crippen LogP contribution >= 0.6 is 11.3 Å². The summed E-state index contributed by atoms with van der Waals surface area (Å²) in [6, 6.07) is 13.5. The second-order valence-corrected chi connectivity index (χ2v) is 6.73. The Kier molecular flexibility index (Phi) is 6.05. The van der Waals surface area contributed by atoms with Gasteiger partial charge in [-0.15, -0.1) is 0 Å². The van der Waals surface area contributed by atoms with Crippen LogP contribution in [-0.2, 0) is 11.2 Å². The molecule has 1 saturated heterocycles. The minimum Gasteiger partial charge on any atom is -0.381 e. The van der Waals surface area contributed by atoms with Gasteiger partial charge in [0, 0.05) is 19.2 Å². The van der Waals surface area contributed by atoms with Crippen LogP contribution in [0.2, 0.25) is 0 Å². The first-order chi connectivity index (χ1) is 10.9. The van der Waals surface area contributed by atoms with Crippen LogP contribution in [0.25, 0.3) is 0 Å². The molecular formula is C19H25NOS. The van der Waals surface area contributed by atoms with E-state index in [4.69, 9.17) is 4.74 Å². The number of likely N-dealkylation sites (tertiary alicyclic amines) is 1. The second kappa shape index (κ2) is 8.47. The van der Waals surface area contributed by atoms with E-state index >= 15 is 0 Å². The average Bonchev–Trinajstić information content (AvgIpc) is 3.22. The van der Waals surface area contributed by atoms with Gasteiger partial charge in [0.15, 0.2) is 0 Å². The molecule has 1 aromatic carbocycles. The molecule has 0 amide bonds. The molecule has 2 nitrogen and oxygen atoms in total. The maximum absolute atomic E-state index is 5.80. The summed E-state index contributed by atoms with van der Waals surface area (Å²) >= 11 is 1.81. The van der Waals surface area contributed by atoms with Gasteiger partial charge in [-0.05, 0) is 60.2 Å². The quantitative estimate of drug-likeness (QED) is 0.663. The van der Waals surface area contributed by atoms with Crippen LogP contribution in [0.5, 0.6) is 0 Å². The van der Waals surface area contributed by atoms with E-state index in [-0.39, 0.29) is 0 Å². The SMILES string of the molecule is c1ccc(CCOCCCN2CCC[C@H]2c2ccsc2)cc1. The first-order valence-electron chi connectivity index (χ1n) is 8.31. The fourth-order valence-electron chi connectivity index (χ4n) is 3.24. The van der Waals surface area contributed by atoms with Crippen LogP contribution in [0.1, 0.15) is 36.4 Å². The molecule has 2 aromatic rings. The van der Waals surface area contributed by atoms with Gasteiger partial charge in [-0.1, -0.05) is 30.3 Å². The van der Waals surface area contributed by atoms with Gasteiger partial charge in [0.1, 0.15) is 0 Å². The van der Waals surface area contributed by atoms with Gasteiger partial charge in [-0.3, -0.25) is 4.90 Å². The first kappa shape index (κ1) is 15.7. The molecule has 0 N–H and O–H groups in total. The lowest BCUT2D eigenvalue weighted by atomic mass is 10.1. The molecule has 0 radical (unpaired) electrons. The topological polar surface area (TPSA) is 12.5 Å². The molecule has 3 heteroatoms. The van der Waals surface area contributed by atoms with Crippen molar-refractivity contribution in [3.63, 3.8) is 0 Å². The van der Waals surface area contributed by atoms with E-state index in [0.29, 0.717) is 6.04 Å². The normalized spacial score (nSPS) is 18.8. The van der Waals surface area contributed by atoms with Crippen molar-refractivity contribution in [2.24, 2.45) is 0 Å². The molecule has 0 bridgehead atoms. The Morgan fingerprint density at radius 2 is 2.05 bits per heavy atom. The van der Waals surface area contributed by atoms with Crippen molar-refractivity contribution in [3.05, 3.63) is 58.3 Å². The predicted octanol–water partition coefficient (Wildman–Crippen LogP) is 4.53. The zero-order valence-corrected chi connectivity index (χ0v) is 13.9. The van der Waals surface area contributed by atoms with Crippen molar-refractivity contribution < 1.29 is 4.74 Å². The summed E-state index contributed by atoms with van der Waals surface area (Å²) in [4.78, 5) is 2.63. The molecule has 1 aromatic heterocycles. The summed E-state index contributed by atoms with van der Waals surface area (Å²) in [6.45, 7) is 4.11.